The van der Waals surface area contributed by atoms with E-state index in [1.165, 1.54) is 0 Å². The van der Waals surface area contributed by atoms with Gasteiger partial charge in [0.25, 0.3) is 20.2 Å². The third-order valence-electron chi connectivity index (χ3n) is 5.21. The van der Waals surface area contributed by atoms with Crippen LogP contribution in [0.2, 0.25) is 0 Å². The Morgan fingerprint density at radius 2 is 1.00 bits per heavy atom. The van der Waals surface area contributed by atoms with Crippen molar-refractivity contribution in [2.75, 3.05) is 13.2 Å². The molecule has 4 aromatic carbocycles. The van der Waals surface area contributed by atoms with Crippen LogP contribution in [-0.4, -0.2) is 30.0 Å². The molecule has 4 rings (SSSR count). The molecule has 34 heavy (non-hydrogen) atoms. The van der Waals surface area contributed by atoms with Crippen LogP contribution in [0.3, 0.4) is 0 Å². The molecule has 0 radical (unpaired) electrons. The first kappa shape index (κ1) is 25.3. The summed E-state index contributed by atoms with van der Waals surface area (Å²) in [6.07, 6.45) is 0. The van der Waals surface area contributed by atoms with E-state index in [1.807, 2.05) is 24.3 Å². The molecule has 0 aliphatic rings. The zero-order valence-electron chi connectivity index (χ0n) is 18.2. The molecule has 0 bridgehead atoms. The van der Waals surface area contributed by atoms with E-state index in [9.17, 15) is 16.8 Å². The van der Waals surface area contributed by atoms with Crippen molar-refractivity contribution in [1.82, 2.24) is 0 Å². The molecule has 10 heteroatoms. The highest BCUT2D eigenvalue weighted by Crippen LogP contribution is 2.47. The van der Waals surface area contributed by atoms with Crippen molar-refractivity contribution in [3.8, 4) is 11.1 Å². The summed E-state index contributed by atoms with van der Waals surface area (Å²) in [5.74, 6) is 0. The smallest absolute Gasteiger partial charge is 0.267 e. The Hall–Kier alpha value is -1.82. The van der Waals surface area contributed by atoms with Crippen LogP contribution in [0.25, 0.3) is 32.7 Å². The third-order valence-corrected chi connectivity index (χ3v) is 9.92. The topological polar surface area (TPSA) is 86.7 Å². The standard InChI is InChI=1S/C24H20Br2O6S2/c1-3-31-33(27,28)23-19(25)13-15-9-5-7-11-17(15)21(23)22-18-12-8-6-10-16(18)14-20(26)24(22)34(29,30)32-4-2/h5-14H,3-4H2,1-2H3. The highest BCUT2D eigenvalue weighted by atomic mass is 79.9. The van der Waals surface area contributed by atoms with Gasteiger partial charge in [0.15, 0.2) is 0 Å². The zero-order chi connectivity index (χ0) is 24.7. The third kappa shape index (κ3) is 4.43. The first-order chi connectivity index (χ1) is 16.1. The van der Waals surface area contributed by atoms with Crippen molar-refractivity contribution in [2.45, 2.75) is 23.6 Å². The van der Waals surface area contributed by atoms with Crippen molar-refractivity contribution in [1.29, 1.82) is 0 Å². The maximum atomic E-state index is 13.4. The molecule has 0 aliphatic carbocycles. The maximum Gasteiger partial charge on any atom is 0.298 e. The van der Waals surface area contributed by atoms with Gasteiger partial charge in [0, 0.05) is 20.1 Å². The minimum Gasteiger partial charge on any atom is -0.267 e. The zero-order valence-corrected chi connectivity index (χ0v) is 23.0. The minimum atomic E-state index is -4.27. The van der Waals surface area contributed by atoms with Crippen molar-refractivity contribution in [3.05, 3.63) is 69.6 Å². The molecule has 0 aromatic heterocycles. The van der Waals surface area contributed by atoms with Crippen LogP contribution in [0, 0.1) is 0 Å². The van der Waals surface area contributed by atoms with Gasteiger partial charge in [-0.2, -0.15) is 16.8 Å². The van der Waals surface area contributed by atoms with Gasteiger partial charge < -0.3 is 0 Å². The van der Waals surface area contributed by atoms with E-state index in [2.05, 4.69) is 31.9 Å². The first-order valence-corrected chi connectivity index (χ1v) is 14.7. The summed E-state index contributed by atoms with van der Waals surface area (Å²) in [4.78, 5) is -0.298. The van der Waals surface area contributed by atoms with Crippen molar-refractivity contribution < 1.29 is 25.2 Å². The molecule has 0 saturated carbocycles. The molecule has 0 aliphatic heterocycles. The fourth-order valence-corrected chi connectivity index (χ4v) is 8.46. The largest absolute Gasteiger partial charge is 0.298 e. The highest BCUT2D eigenvalue weighted by molar-refractivity contribution is 9.10. The van der Waals surface area contributed by atoms with Gasteiger partial charge in [-0.1, -0.05) is 48.5 Å². The molecule has 0 atom stereocenters. The summed E-state index contributed by atoms with van der Waals surface area (Å²) >= 11 is 6.82. The number of benzene rings is 4. The van der Waals surface area contributed by atoms with E-state index >= 15 is 0 Å². The molecule has 178 valence electrons. The van der Waals surface area contributed by atoms with Crippen molar-refractivity contribution in [3.63, 3.8) is 0 Å². The lowest BCUT2D eigenvalue weighted by Crippen LogP contribution is -2.12. The van der Waals surface area contributed by atoms with E-state index in [1.54, 1.807) is 50.2 Å². The van der Waals surface area contributed by atoms with Gasteiger partial charge in [-0.25, -0.2) is 0 Å². The minimum absolute atomic E-state index is 0.0790. The normalized spacial score (nSPS) is 12.5. The average molecular weight is 628 g/mol. The van der Waals surface area contributed by atoms with Gasteiger partial charge in [0.2, 0.25) is 0 Å². The van der Waals surface area contributed by atoms with Gasteiger partial charge in [0.1, 0.15) is 9.79 Å². The molecule has 0 fully saturated rings. The molecular formula is C24H20Br2O6S2. The summed E-state index contributed by atoms with van der Waals surface area (Å²) in [6.45, 7) is 2.99. The van der Waals surface area contributed by atoms with Gasteiger partial charge in [-0.3, -0.25) is 8.37 Å². The average Bonchev–Trinajstić information content (AvgIpc) is 2.77. The lowest BCUT2D eigenvalue weighted by Gasteiger charge is -2.21. The van der Waals surface area contributed by atoms with Gasteiger partial charge in [-0.15, -0.1) is 0 Å². The fraction of sp³-hybridized carbons (Fsp3) is 0.167. The van der Waals surface area contributed by atoms with Gasteiger partial charge in [-0.05, 0) is 79.4 Å². The van der Waals surface area contributed by atoms with E-state index in [-0.39, 0.29) is 43.1 Å². The van der Waals surface area contributed by atoms with Crippen LogP contribution in [0.1, 0.15) is 13.8 Å². The van der Waals surface area contributed by atoms with Crippen LogP contribution in [0.15, 0.2) is 79.4 Å². The predicted octanol–water partition coefficient (Wildman–Crippen LogP) is 6.64. The maximum absolute atomic E-state index is 13.4. The molecule has 0 unspecified atom stereocenters. The summed E-state index contributed by atoms with van der Waals surface area (Å²) in [5.41, 5.74) is 0.434. The molecule has 0 heterocycles. The van der Waals surface area contributed by atoms with Crippen molar-refractivity contribution in [2.24, 2.45) is 0 Å². The summed E-state index contributed by atoms with van der Waals surface area (Å²) in [5, 5.41) is 2.56. The van der Waals surface area contributed by atoms with E-state index in [0.717, 1.165) is 10.8 Å². The van der Waals surface area contributed by atoms with Crippen LogP contribution in [0.5, 0.6) is 0 Å². The molecule has 0 amide bonds. The second-order valence-electron chi connectivity index (χ2n) is 7.29. The molecule has 6 nitrogen and oxygen atoms in total. The Morgan fingerprint density at radius 1 is 0.647 bits per heavy atom. The van der Waals surface area contributed by atoms with Gasteiger partial charge in [0.05, 0.1) is 13.2 Å². The fourth-order valence-electron chi connectivity index (χ4n) is 4.00. The van der Waals surface area contributed by atoms with Crippen LogP contribution in [-0.2, 0) is 28.6 Å². The number of halogens is 2. The lowest BCUT2D eigenvalue weighted by molar-refractivity contribution is 0.336. The second kappa shape index (κ2) is 9.67. The molecular weight excluding hydrogens is 608 g/mol. The van der Waals surface area contributed by atoms with Crippen LogP contribution in [0.4, 0.5) is 0 Å². The highest BCUT2D eigenvalue weighted by Gasteiger charge is 2.32. The quantitative estimate of drug-likeness (QED) is 0.214. The number of fused-ring (bicyclic) bond motifs is 2. The first-order valence-electron chi connectivity index (χ1n) is 10.3. The van der Waals surface area contributed by atoms with Crippen LogP contribution >= 0.6 is 31.9 Å². The molecule has 4 aromatic rings. The second-order valence-corrected chi connectivity index (χ2v) is 12.1. The van der Waals surface area contributed by atoms with E-state index < -0.39 is 20.2 Å². The number of rotatable bonds is 7. The predicted molar refractivity (Wildman–Crippen MR) is 140 cm³/mol. The monoisotopic (exact) mass is 626 g/mol. The van der Waals surface area contributed by atoms with E-state index in [0.29, 0.717) is 10.8 Å². The number of hydrogen-bond donors (Lipinski definition) is 0. The molecule has 0 saturated heterocycles. The molecule has 0 N–H and O–H groups in total. The summed E-state index contributed by atoms with van der Waals surface area (Å²) in [7, 11) is -8.53. The van der Waals surface area contributed by atoms with E-state index in [4.69, 9.17) is 8.37 Å². The summed E-state index contributed by atoms with van der Waals surface area (Å²) in [6, 6.07) is 17.7. The Kier molecular flexibility index (Phi) is 7.19. The number of hydrogen-bond acceptors (Lipinski definition) is 6. The van der Waals surface area contributed by atoms with Crippen molar-refractivity contribution >= 4 is 73.6 Å². The Labute approximate surface area is 215 Å². The SMILES string of the molecule is CCOS(=O)(=O)c1c(Br)cc2ccccc2c1-c1c(S(=O)(=O)OCC)c(Br)cc2ccccc12. The Bertz CT molecular complexity index is 1510. The Balaban J connectivity index is 2.35. The van der Waals surface area contributed by atoms with Gasteiger partial charge >= 0.3 is 0 Å². The molecule has 0 spiro atoms. The van der Waals surface area contributed by atoms with Crippen LogP contribution < -0.4 is 0 Å². The Morgan fingerprint density at radius 3 is 1.35 bits per heavy atom. The summed E-state index contributed by atoms with van der Waals surface area (Å²) < 4.78 is 64.3. The lowest BCUT2D eigenvalue weighted by atomic mass is 9.93.